The summed E-state index contributed by atoms with van der Waals surface area (Å²) in [4.78, 5) is 31.2. The van der Waals surface area contributed by atoms with E-state index in [1.807, 2.05) is 27.7 Å². The molecule has 0 spiro atoms. The van der Waals surface area contributed by atoms with Gasteiger partial charge in [0.15, 0.2) is 5.96 Å². The summed E-state index contributed by atoms with van der Waals surface area (Å²) in [5.41, 5.74) is 4.83. The van der Waals surface area contributed by atoms with Crippen LogP contribution in [0.3, 0.4) is 0 Å². The number of urea groups is 1. The Labute approximate surface area is 192 Å². The third-order valence-corrected chi connectivity index (χ3v) is 4.34. The van der Waals surface area contributed by atoms with Crippen molar-refractivity contribution < 1.29 is 14.3 Å². The van der Waals surface area contributed by atoms with E-state index in [4.69, 9.17) is 10.5 Å². The Bertz CT molecular complexity index is 545. The molecule has 0 aromatic heterocycles. The maximum absolute atomic E-state index is 12.1. The molecule has 1 rings (SSSR count). The Morgan fingerprint density at radius 3 is 2.38 bits per heavy atom. The fourth-order valence-corrected chi connectivity index (χ4v) is 2.94. The van der Waals surface area contributed by atoms with Gasteiger partial charge in [0.05, 0.1) is 0 Å². The number of nitrogens with zero attached hydrogens (tertiary/aromatic N) is 3. The summed E-state index contributed by atoms with van der Waals surface area (Å²) >= 11 is 0. The van der Waals surface area contributed by atoms with Crippen LogP contribution in [0.2, 0.25) is 0 Å². The molecular weight excluding hydrogens is 487 g/mol. The SMILES string of the molecule is CCNC(=NCC(C)CN(C)C(=O)OC(C)(C)C)NC1CCN(C(N)=O)CC1.I. The molecule has 1 heterocycles. The van der Waals surface area contributed by atoms with Gasteiger partial charge < -0.3 is 30.9 Å². The smallest absolute Gasteiger partial charge is 0.410 e. The van der Waals surface area contributed by atoms with E-state index in [9.17, 15) is 9.59 Å². The Kier molecular flexibility index (Phi) is 12.3. The molecule has 0 saturated carbocycles. The first-order valence-electron chi connectivity index (χ1n) is 10.0. The lowest BCUT2D eigenvalue weighted by Gasteiger charge is -2.32. The molecule has 170 valence electrons. The monoisotopic (exact) mass is 526 g/mol. The van der Waals surface area contributed by atoms with Crippen LogP contribution in [0, 0.1) is 5.92 Å². The second-order valence-corrected chi connectivity index (χ2v) is 8.43. The number of likely N-dealkylation sites (tertiary alicyclic amines) is 1. The van der Waals surface area contributed by atoms with Gasteiger partial charge in [0.1, 0.15) is 5.60 Å². The Morgan fingerprint density at radius 2 is 1.90 bits per heavy atom. The van der Waals surface area contributed by atoms with Gasteiger partial charge in [-0.05, 0) is 46.5 Å². The first-order valence-corrected chi connectivity index (χ1v) is 10.0. The predicted molar refractivity (Wildman–Crippen MR) is 127 cm³/mol. The van der Waals surface area contributed by atoms with E-state index in [1.165, 1.54) is 0 Å². The molecule has 3 amide bonds. The van der Waals surface area contributed by atoms with E-state index in [0.717, 1.165) is 25.3 Å². The molecule has 0 aliphatic carbocycles. The summed E-state index contributed by atoms with van der Waals surface area (Å²) < 4.78 is 5.38. The van der Waals surface area contributed by atoms with Gasteiger partial charge in [0.2, 0.25) is 0 Å². The predicted octanol–water partition coefficient (Wildman–Crippen LogP) is 2.21. The summed E-state index contributed by atoms with van der Waals surface area (Å²) in [6.07, 6.45) is 1.35. The number of ether oxygens (including phenoxy) is 1. The van der Waals surface area contributed by atoms with Gasteiger partial charge in [-0.25, -0.2) is 9.59 Å². The summed E-state index contributed by atoms with van der Waals surface area (Å²) in [6.45, 7) is 12.9. The Hall–Kier alpha value is -1.46. The molecule has 0 radical (unpaired) electrons. The van der Waals surface area contributed by atoms with E-state index in [0.29, 0.717) is 26.2 Å². The zero-order valence-corrected chi connectivity index (χ0v) is 21.0. The molecule has 4 N–H and O–H groups in total. The Morgan fingerprint density at radius 1 is 1.31 bits per heavy atom. The summed E-state index contributed by atoms with van der Waals surface area (Å²) in [6, 6.07) is -0.102. The topological polar surface area (TPSA) is 112 Å². The molecule has 1 saturated heterocycles. The summed E-state index contributed by atoms with van der Waals surface area (Å²) in [5, 5.41) is 6.69. The quantitative estimate of drug-likeness (QED) is 0.279. The molecule has 0 aromatic rings. The highest BCUT2D eigenvalue weighted by atomic mass is 127. The number of piperidine rings is 1. The molecule has 1 aliphatic rings. The number of rotatable bonds is 6. The van der Waals surface area contributed by atoms with Crippen LogP contribution in [-0.2, 0) is 4.74 Å². The van der Waals surface area contributed by atoms with Gasteiger partial charge in [-0.2, -0.15) is 0 Å². The van der Waals surface area contributed by atoms with Gasteiger partial charge in [0, 0.05) is 45.8 Å². The zero-order valence-electron chi connectivity index (χ0n) is 18.7. The number of carbonyl (C=O) groups is 2. The van der Waals surface area contributed by atoms with Crippen molar-refractivity contribution in [3.05, 3.63) is 0 Å². The van der Waals surface area contributed by atoms with Crippen LogP contribution in [0.25, 0.3) is 0 Å². The third kappa shape index (κ3) is 11.3. The first kappa shape index (κ1) is 27.5. The van der Waals surface area contributed by atoms with Crippen molar-refractivity contribution in [2.24, 2.45) is 16.6 Å². The van der Waals surface area contributed by atoms with Crippen LogP contribution in [0.4, 0.5) is 9.59 Å². The average Bonchev–Trinajstić information content (AvgIpc) is 2.58. The van der Waals surface area contributed by atoms with E-state index in [2.05, 4.69) is 22.5 Å². The highest BCUT2D eigenvalue weighted by Gasteiger charge is 2.23. The van der Waals surface area contributed by atoms with Crippen molar-refractivity contribution in [2.45, 2.75) is 59.1 Å². The van der Waals surface area contributed by atoms with Crippen molar-refractivity contribution in [3.8, 4) is 0 Å². The van der Waals surface area contributed by atoms with Crippen molar-refractivity contribution in [1.82, 2.24) is 20.4 Å². The van der Waals surface area contributed by atoms with Crippen molar-refractivity contribution in [2.75, 3.05) is 39.8 Å². The van der Waals surface area contributed by atoms with Crippen molar-refractivity contribution >= 4 is 42.1 Å². The number of hydrogen-bond donors (Lipinski definition) is 3. The summed E-state index contributed by atoms with van der Waals surface area (Å²) in [5.74, 6) is 0.941. The lowest BCUT2D eigenvalue weighted by molar-refractivity contribution is 0.0279. The molecule has 1 aliphatic heterocycles. The number of nitrogens with two attached hydrogens (primary N) is 1. The van der Waals surface area contributed by atoms with Crippen LogP contribution in [0.5, 0.6) is 0 Å². The van der Waals surface area contributed by atoms with E-state index >= 15 is 0 Å². The molecule has 10 heteroatoms. The second-order valence-electron chi connectivity index (χ2n) is 8.43. The largest absolute Gasteiger partial charge is 0.444 e. The second kappa shape index (κ2) is 13.0. The number of aliphatic imine (C=N–C) groups is 1. The molecule has 0 bridgehead atoms. The number of halogens is 1. The number of primary amides is 1. The van der Waals surface area contributed by atoms with Crippen LogP contribution in [0.15, 0.2) is 4.99 Å². The van der Waals surface area contributed by atoms with Crippen LogP contribution < -0.4 is 16.4 Å². The van der Waals surface area contributed by atoms with E-state index in [-0.39, 0.29) is 48.1 Å². The van der Waals surface area contributed by atoms with Gasteiger partial charge >= 0.3 is 12.1 Å². The summed E-state index contributed by atoms with van der Waals surface area (Å²) in [7, 11) is 1.74. The Balaban J connectivity index is 0.00000784. The van der Waals surface area contributed by atoms with E-state index in [1.54, 1.807) is 16.8 Å². The fourth-order valence-electron chi connectivity index (χ4n) is 2.94. The number of carbonyl (C=O) groups excluding carboxylic acids is 2. The number of hydrogen-bond acceptors (Lipinski definition) is 4. The normalized spacial score (nSPS) is 16.5. The minimum atomic E-state index is -0.501. The van der Waals surface area contributed by atoms with Gasteiger partial charge in [-0.15, -0.1) is 24.0 Å². The van der Waals surface area contributed by atoms with Gasteiger partial charge in [-0.3, -0.25) is 4.99 Å². The van der Waals surface area contributed by atoms with Crippen molar-refractivity contribution in [1.29, 1.82) is 0 Å². The molecule has 1 atom stereocenters. The third-order valence-electron chi connectivity index (χ3n) is 4.34. The zero-order chi connectivity index (χ0) is 21.3. The number of nitrogens with one attached hydrogen (secondary N) is 2. The molecule has 1 fully saturated rings. The molecule has 9 nitrogen and oxygen atoms in total. The lowest BCUT2D eigenvalue weighted by atomic mass is 10.1. The maximum atomic E-state index is 12.1. The average molecular weight is 526 g/mol. The van der Waals surface area contributed by atoms with Crippen molar-refractivity contribution in [3.63, 3.8) is 0 Å². The highest BCUT2D eigenvalue weighted by molar-refractivity contribution is 14.0. The van der Waals surface area contributed by atoms with Gasteiger partial charge in [-0.1, -0.05) is 6.92 Å². The van der Waals surface area contributed by atoms with Crippen LogP contribution in [0.1, 0.15) is 47.5 Å². The molecule has 1 unspecified atom stereocenters. The van der Waals surface area contributed by atoms with Crippen LogP contribution in [-0.4, -0.2) is 79.3 Å². The fraction of sp³-hybridized carbons (Fsp3) is 0.842. The minimum absolute atomic E-state index is 0. The standard InChI is InChI=1S/C19H38N6O3.HI/c1-7-21-17(23-15-8-10-25(11-9-15)16(20)26)22-12-14(2)13-24(6)18(27)28-19(3,4)5;/h14-15H,7-13H2,1-6H3,(H2,20,26)(H2,21,22,23);1H. The van der Waals surface area contributed by atoms with Gasteiger partial charge in [0.25, 0.3) is 0 Å². The molecule has 0 aromatic carbocycles. The molecule has 29 heavy (non-hydrogen) atoms. The number of guanidine groups is 1. The highest BCUT2D eigenvalue weighted by Crippen LogP contribution is 2.11. The maximum Gasteiger partial charge on any atom is 0.410 e. The lowest BCUT2D eigenvalue weighted by Crippen LogP contribution is -2.50. The van der Waals surface area contributed by atoms with Crippen LogP contribution >= 0.6 is 24.0 Å². The number of amides is 3. The molecular formula is C19H39IN6O3. The van der Waals surface area contributed by atoms with E-state index < -0.39 is 5.60 Å². The first-order chi connectivity index (χ1) is 13.0. The minimum Gasteiger partial charge on any atom is -0.444 e.